The van der Waals surface area contributed by atoms with Crippen molar-refractivity contribution in [1.82, 2.24) is 4.98 Å². The Morgan fingerprint density at radius 1 is 1.15 bits per heavy atom. The number of aliphatic carboxylic acids is 1. The highest BCUT2D eigenvalue weighted by Gasteiger charge is 2.30. The molecule has 1 aromatic heterocycles. The third-order valence-corrected chi connectivity index (χ3v) is 6.26. The van der Waals surface area contributed by atoms with E-state index >= 15 is 0 Å². The van der Waals surface area contributed by atoms with E-state index in [0.29, 0.717) is 0 Å². The lowest BCUT2D eigenvalue weighted by atomic mass is 9.91. The van der Waals surface area contributed by atoms with Gasteiger partial charge in [0.1, 0.15) is 4.75 Å². The van der Waals surface area contributed by atoms with Crippen molar-refractivity contribution in [2.24, 2.45) is 0 Å². The Hall–Kier alpha value is -2.33. The van der Waals surface area contributed by atoms with Crippen molar-refractivity contribution in [1.29, 1.82) is 0 Å². The highest BCUT2D eigenvalue weighted by atomic mass is 32.2. The summed E-state index contributed by atoms with van der Waals surface area (Å²) in [6.07, 6.45) is 4.49. The van der Waals surface area contributed by atoms with Gasteiger partial charge in [-0.2, -0.15) is 0 Å². The fourth-order valence-corrected chi connectivity index (χ4v) is 4.44. The van der Waals surface area contributed by atoms with Gasteiger partial charge in [0, 0.05) is 17.3 Å². The smallest absolute Gasteiger partial charge is 0.319 e. The zero-order valence-corrected chi connectivity index (χ0v) is 17.0. The molecule has 1 N–H and O–H groups in total. The first-order valence-electron chi connectivity index (χ1n) is 9.13. The lowest BCUT2D eigenvalue weighted by Crippen LogP contribution is -2.27. The number of hydrogen-bond acceptors (Lipinski definition) is 3. The quantitative estimate of drug-likeness (QED) is 0.546. The van der Waals surface area contributed by atoms with Crippen LogP contribution in [0.15, 0.2) is 59.8 Å². The first-order valence-corrected chi connectivity index (χ1v) is 9.95. The molecule has 2 aromatic carbocycles. The van der Waals surface area contributed by atoms with E-state index in [1.165, 1.54) is 33.7 Å². The summed E-state index contributed by atoms with van der Waals surface area (Å²) < 4.78 is -0.883. The van der Waals surface area contributed by atoms with E-state index in [0.717, 1.165) is 16.9 Å². The van der Waals surface area contributed by atoms with Crippen molar-refractivity contribution in [2.75, 3.05) is 0 Å². The molecule has 0 bridgehead atoms. The molecule has 3 nitrogen and oxygen atoms in total. The van der Waals surface area contributed by atoms with Gasteiger partial charge in [0.2, 0.25) is 0 Å². The molecule has 0 saturated heterocycles. The third-order valence-electron chi connectivity index (χ3n) is 4.98. The van der Waals surface area contributed by atoms with Crippen molar-refractivity contribution < 1.29 is 9.90 Å². The number of benzene rings is 2. The molecule has 0 aliphatic carbocycles. The molecule has 1 unspecified atom stereocenters. The van der Waals surface area contributed by atoms with Crippen LogP contribution in [0.2, 0.25) is 0 Å². The van der Waals surface area contributed by atoms with E-state index < -0.39 is 10.7 Å². The fraction of sp³-hybridized carbons (Fsp3) is 0.304. The molecular weight excluding hydrogens is 354 g/mol. The summed E-state index contributed by atoms with van der Waals surface area (Å²) >= 11 is 1.39. The monoisotopic (exact) mass is 379 g/mol. The SMILES string of the molecule is Cc1ccc(CC(C)c2cnccc2SC(C)(C)C(=O)O)c2ccccc12. The summed E-state index contributed by atoms with van der Waals surface area (Å²) in [5, 5.41) is 12.0. The molecule has 0 aliphatic heterocycles. The van der Waals surface area contributed by atoms with Gasteiger partial charge in [0.15, 0.2) is 0 Å². The minimum absolute atomic E-state index is 0.233. The fourth-order valence-electron chi connectivity index (χ4n) is 3.31. The standard InChI is InChI=1S/C23H25NO2S/c1-15-9-10-17(19-8-6-5-7-18(15)19)13-16(2)20-14-24-12-11-21(20)27-23(3,4)22(25)26/h5-12,14,16H,13H2,1-4H3,(H,25,26). The van der Waals surface area contributed by atoms with Crippen LogP contribution >= 0.6 is 11.8 Å². The van der Waals surface area contributed by atoms with Gasteiger partial charge in [-0.1, -0.05) is 43.3 Å². The van der Waals surface area contributed by atoms with Crippen LogP contribution in [0, 0.1) is 6.92 Å². The highest BCUT2D eigenvalue weighted by Crippen LogP contribution is 2.38. The number of hydrogen-bond donors (Lipinski definition) is 1. The second-order valence-electron chi connectivity index (χ2n) is 7.52. The molecule has 3 aromatic rings. The molecule has 27 heavy (non-hydrogen) atoms. The number of rotatable bonds is 6. The maximum Gasteiger partial charge on any atom is 0.319 e. The van der Waals surface area contributed by atoms with Crippen molar-refractivity contribution in [2.45, 2.75) is 49.7 Å². The Bertz CT molecular complexity index is 981. The van der Waals surface area contributed by atoms with Gasteiger partial charge in [0.05, 0.1) is 0 Å². The van der Waals surface area contributed by atoms with Gasteiger partial charge < -0.3 is 5.11 Å². The molecule has 0 spiro atoms. The molecule has 0 aliphatic rings. The van der Waals surface area contributed by atoms with Crippen LogP contribution in [0.3, 0.4) is 0 Å². The maximum atomic E-state index is 11.5. The molecular formula is C23H25NO2S. The predicted octanol–water partition coefficient (Wildman–Crippen LogP) is 5.84. The van der Waals surface area contributed by atoms with Crippen LogP contribution in [0.1, 0.15) is 43.4 Å². The van der Waals surface area contributed by atoms with Crippen LogP contribution in [-0.2, 0) is 11.2 Å². The molecule has 1 atom stereocenters. The molecule has 0 fully saturated rings. The highest BCUT2D eigenvalue weighted by molar-refractivity contribution is 8.01. The molecule has 140 valence electrons. The Balaban J connectivity index is 1.93. The normalized spacial score (nSPS) is 12.9. The average molecular weight is 380 g/mol. The lowest BCUT2D eigenvalue weighted by Gasteiger charge is -2.22. The first kappa shape index (κ1) is 19.4. The Morgan fingerprint density at radius 2 is 1.85 bits per heavy atom. The van der Waals surface area contributed by atoms with E-state index in [1.54, 1.807) is 20.0 Å². The summed E-state index contributed by atoms with van der Waals surface area (Å²) in [5.41, 5.74) is 3.69. The third kappa shape index (κ3) is 4.16. The van der Waals surface area contributed by atoms with Gasteiger partial charge in [-0.15, -0.1) is 11.8 Å². The van der Waals surface area contributed by atoms with Gasteiger partial charge in [0.25, 0.3) is 0 Å². The largest absolute Gasteiger partial charge is 0.480 e. The lowest BCUT2D eigenvalue weighted by molar-refractivity contribution is -0.138. The number of aromatic nitrogens is 1. The second kappa shape index (κ2) is 7.73. The molecule has 0 saturated carbocycles. The topological polar surface area (TPSA) is 50.2 Å². The predicted molar refractivity (Wildman–Crippen MR) is 113 cm³/mol. The number of pyridine rings is 1. The van der Waals surface area contributed by atoms with Crippen molar-refractivity contribution in [3.8, 4) is 0 Å². The average Bonchev–Trinajstić information content (AvgIpc) is 2.64. The summed E-state index contributed by atoms with van der Waals surface area (Å²) in [4.78, 5) is 16.8. The Kier molecular flexibility index (Phi) is 5.56. The number of carbonyl (C=O) groups is 1. The number of thioether (sulfide) groups is 1. The van der Waals surface area contributed by atoms with Crippen LogP contribution < -0.4 is 0 Å². The molecule has 3 rings (SSSR count). The van der Waals surface area contributed by atoms with Crippen LogP contribution in [0.4, 0.5) is 0 Å². The zero-order chi connectivity index (χ0) is 19.6. The van der Waals surface area contributed by atoms with Crippen molar-refractivity contribution in [3.05, 3.63) is 71.5 Å². The minimum atomic E-state index is -0.883. The number of carboxylic acids is 1. The Labute approximate surface area is 164 Å². The molecule has 1 heterocycles. The van der Waals surface area contributed by atoms with E-state index in [4.69, 9.17) is 0 Å². The van der Waals surface area contributed by atoms with Crippen LogP contribution in [-0.4, -0.2) is 20.8 Å². The maximum absolute atomic E-state index is 11.5. The van der Waals surface area contributed by atoms with E-state index in [1.807, 2.05) is 12.3 Å². The second-order valence-corrected chi connectivity index (χ2v) is 9.19. The molecule has 0 amide bonds. The Morgan fingerprint density at radius 3 is 2.56 bits per heavy atom. The van der Waals surface area contributed by atoms with Crippen molar-refractivity contribution in [3.63, 3.8) is 0 Å². The van der Waals surface area contributed by atoms with Gasteiger partial charge >= 0.3 is 5.97 Å². The van der Waals surface area contributed by atoms with Gasteiger partial charge in [-0.25, -0.2) is 0 Å². The number of fused-ring (bicyclic) bond motifs is 1. The van der Waals surface area contributed by atoms with E-state index in [-0.39, 0.29) is 5.92 Å². The van der Waals surface area contributed by atoms with Crippen LogP contribution in [0.25, 0.3) is 10.8 Å². The number of carboxylic acid groups (broad SMARTS) is 1. The molecule has 0 radical (unpaired) electrons. The summed E-state index contributed by atoms with van der Waals surface area (Å²) in [5.74, 6) is -0.579. The number of nitrogens with zero attached hydrogens (tertiary/aromatic N) is 1. The van der Waals surface area contributed by atoms with Gasteiger partial charge in [-0.3, -0.25) is 9.78 Å². The minimum Gasteiger partial charge on any atom is -0.480 e. The summed E-state index contributed by atoms with van der Waals surface area (Å²) in [6.45, 7) is 7.80. The van der Waals surface area contributed by atoms with E-state index in [9.17, 15) is 9.90 Å². The molecule has 4 heteroatoms. The van der Waals surface area contributed by atoms with Gasteiger partial charge in [-0.05, 0) is 66.6 Å². The zero-order valence-electron chi connectivity index (χ0n) is 16.2. The van der Waals surface area contributed by atoms with Crippen LogP contribution in [0.5, 0.6) is 0 Å². The van der Waals surface area contributed by atoms with E-state index in [2.05, 4.69) is 55.2 Å². The summed E-state index contributed by atoms with van der Waals surface area (Å²) in [7, 11) is 0. The first-order chi connectivity index (χ1) is 12.8. The number of aryl methyl sites for hydroxylation is 1. The summed E-state index contributed by atoms with van der Waals surface area (Å²) in [6, 6.07) is 14.8. The van der Waals surface area contributed by atoms with Crippen molar-refractivity contribution >= 4 is 28.5 Å².